The Balaban J connectivity index is 1.93. The molecule has 0 saturated heterocycles. The minimum atomic E-state index is -4.18. The molecule has 0 saturated carbocycles. The van der Waals surface area contributed by atoms with Gasteiger partial charge in [0.15, 0.2) is 0 Å². The molecule has 2 rings (SSSR count). The number of rotatable bonds is 4. The van der Waals surface area contributed by atoms with E-state index in [-0.39, 0.29) is 12.3 Å². The summed E-state index contributed by atoms with van der Waals surface area (Å²) in [6.07, 6.45) is -2.65. The van der Waals surface area contributed by atoms with Gasteiger partial charge in [0.25, 0.3) is 0 Å². The number of aliphatic hydroxyl groups is 1. The van der Waals surface area contributed by atoms with Crippen LogP contribution in [0, 0.1) is 0 Å². The average Bonchev–Trinajstić information content (AvgIpc) is 2.36. The van der Waals surface area contributed by atoms with Crippen molar-refractivity contribution in [3.63, 3.8) is 0 Å². The second-order valence-electron chi connectivity index (χ2n) is 5.33. The zero-order valence-corrected chi connectivity index (χ0v) is 10.8. The van der Waals surface area contributed by atoms with E-state index in [1.807, 2.05) is 18.2 Å². The van der Waals surface area contributed by atoms with E-state index in [0.29, 0.717) is 6.42 Å². The third kappa shape index (κ3) is 4.23. The maximum Gasteiger partial charge on any atom is 0.389 e. The van der Waals surface area contributed by atoms with Gasteiger partial charge in [-0.25, -0.2) is 0 Å². The Kier molecular flexibility index (Phi) is 4.50. The second-order valence-corrected chi connectivity index (χ2v) is 5.33. The van der Waals surface area contributed by atoms with Gasteiger partial charge >= 0.3 is 6.18 Å². The summed E-state index contributed by atoms with van der Waals surface area (Å²) in [7, 11) is 0. The lowest BCUT2D eigenvalue weighted by molar-refractivity contribution is -0.140. The molecule has 1 aromatic rings. The zero-order valence-electron chi connectivity index (χ0n) is 10.8. The monoisotopic (exact) mass is 272 g/mol. The predicted octanol–water partition coefficient (Wildman–Crippen LogP) is 4.20. The molecule has 0 spiro atoms. The Bertz CT molecular complexity index is 414. The summed E-state index contributed by atoms with van der Waals surface area (Å²) in [6.45, 7) is 0. The normalized spacial score (nSPS) is 20.9. The third-order valence-corrected chi connectivity index (χ3v) is 3.81. The molecular weight excluding hydrogens is 253 g/mol. The summed E-state index contributed by atoms with van der Waals surface area (Å²) in [5.74, 6) is 0.202. The minimum absolute atomic E-state index is 0.192. The van der Waals surface area contributed by atoms with Gasteiger partial charge in [0.05, 0.1) is 6.10 Å². The van der Waals surface area contributed by atoms with Crippen molar-refractivity contribution >= 4 is 0 Å². The Hall–Kier alpha value is -1.03. The maximum absolute atomic E-state index is 12.1. The molecule has 1 aromatic carbocycles. The van der Waals surface area contributed by atoms with Crippen LogP contribution in [0.15, 0.2) is 24.3 Å². The standard InChI is InChI=1S/C15H19F3O/c16-15(17,18)9-8-13(19)10-12-6-3-5-11-4-1-2-7-14(11)12/h1-2,4,7,12-13,19H,3,5-6,8-10H2. The van der Waals surface area contributed by atoms with Crippen molar-refractivity contribution in [2.24, 2.45) is 0 Å². The molecule has 19 heavy (non-hydrogen) atoms. The molecule has 106 valence electrons. The van der Waals surface area contributed by atoms with Crippen LogP contribution in [-0.4, -0.2) is 17.4 Å². The average molecular weight is 272 g/mol. The number of aliphatic hydroxyl groups excluding tert-OH is 1. The van der Waals surface area contributed by atoms with Crippen LogP contribution in [0.2, 0.25) is 0 Å². The van der Waals surface area contributed by atoms with Crippen molar-refractivity contribution in [1.29, 1.82) is 0 Å². The molecule has 1 N–H and O–H groups in total. The molecule has 0 radical (unpaired) electrons. The van der Waals surface area contributed by atoms with Crippen molar-refractivity contribution in [1.82, 2.24) is 0 Å². The van der Waals surface area contributed by atoms with E-state index in [0.717, 1.165) is 19.3 Å². The lowest BCUT2D eigenvalue weighted by atomic mass is 9.79. The van der Waals surface area contributed by atoms with E-state index in [2.05, 4.69) is 6.07 Å². The molecule has 1 aliphatic rings. The lowest BCUT2D eigenvalue weighted by Gasteiger charge is -2.27. The highest BCUT2D eigenvalue weighted by atomic mass is 19.4. The van der Waals surface area contributed by atoms with Crippen LogP contribution in [0.4, 0.5) is 13.2 Å². The van der Waals surface area contributed by atoms with Crippen molar-refractivity contribution in [2.45, 2.75) is 56.7 Å². The quantitative estimate of drug-likeness (QED) is 0.871. The van der Waals surface area contributed by atoms with Crippen molar-refractivity contribution in [2.75, 3.05) is 0 Å². The first kappa shape index (κ1) is 14.4. The topological polar surface area (TPSA) is 20.2 Å². The highest BCUT2D eigenvalue weighted by Crippen LogP contribution is 2.35. The first-order valence-electron chi connectivity index (χ1n) is 6.78. The number of aryl methyl sites for hydroxylation is 1. The molecule has 0 amide bonds. The van der Waals surface area contributed by atoms with Crippen LogP contribution in [0.5, 0.6) is 0 Å². The molecule has 1 aliphatic carbocycles. The Morgan fingerprint density at radius 3 is 2.74 bits per heavy atom. The molecule has 0 aliphatic heterocycles. The van der Waals surface area contributed by atoms with Gasteiger partial charge in [0, 0.05) is 6.42 Å². The van der Waals surface area contributed by atoms with E-state index in [4.69, 9.17) is 0 Å². The Morgan fingerprint density at radius 1 is 1.26 bits per heavy atom. The molecule has 1 nitrogen and oxygen atoms in total. The van der Waals surface area contributed by atoms with Gasteiger partial charge in [-0.2, -0.15) is 13.2 Å². The number of fused-ring (bicyclic) bond motifs is 1. The summed E-state index contributed by atoms with van der Waals surface area (Å²) >= 11 is 0. The highest BCUT2D eigenvalue weighted by molar-refractivity contribution is 5.32. The van der Waals surface area contributed by atoms with Crippen LogP contribution in [0.25, 0.3) is 0 Å². The SMILES string of the molecule is OC(CCC(F)(F)F)CC1CCCc2ccccc21. The fourth-order valence-electron chi connectivity index (χ4n) is 2.88. The van der Waals surface area contributed by atoms with E-state index < -0.39 is 18.7 Å². The summed E-state index contributed by atoms with van der Waals surface area (Å²) in [6, 6.07) is 8.06. The highest BCUT2D eigenvalue weighted by Gasteiger charge is 2.29. The summed E-state index contributed by atoms with van der Waals surface area (Å²) in [5.41, 5.74) is 2.49. The first-order valence-corrected chi connectivity index (χ1v) is 6.78. The van der Waals surface area contributed by atoms with E-state index >= 15 is 0 Å². The van der Waals surface area contributed by atoms with Crippen molar-refractivity contribution in [3.8, 4) is 0 Å². The van der Waals surface area contributed by atoms with Crippen LogP contribution >= 0.6 is 0 Å². The molecule has 0 bridgehead atoms. The van der Waals surface area contributed by atoms with Gasteiger partial charge in [-0.3, -0.25) is 0 Å². The second kappa shape index (κ2) is 5.95. The lowest BCUT2D eigenvalue weighted by Crippen LogP contribution is -2.19. The maximum atomic E-state index is 12.1. The summed E-state index contributed by atoms with van der Waals surface area (Å²) < 4.78 is 36.4. The van der Waals surface area contributed by atoms with Gasteiger partial charge in [0.1, 0.15) is 0 Å². The third-order valence-electron chi connectivity index (χ3n) is 3.81. The van der Waals surface area contributed by atoms with E-state index in [1.54, 1.807) is 0 Å². The molecular formula is C15H19F3O. The molecule has 0 heterocycles. The van der Waals surface area contributed by atoms with Crippen LogP contribution in [0.3, 0.4) is 0 Å². The number of halogens is 3. The fraction of sp³-hybridized carbons (Fsp3) is 0.600. The Labute approximate surface area is 111 Å². The largest absolute Gasteiger partial charge is 0.393 e. The van der Waals surface area contributed by atoms with Gasteiger partial charge < -0.3 is 5.11 Å². The molecule has 4 heteroatoms. The van der Waals surface area contributed by atoms with E-state index in [1.165, 1.54) is 11.1 Å². The predicted molar refractivity (Wildman–Crippen MR) is 68.0 cm³/mol. The van der Waals surface area contributed by atoms with Gasteiger partial charge in [-0.15, -0.1) is 0 Å². The molecule has 2 unspecified atom stereocenters. The Morgan fingerprint density at radius 2 is 2.00 bits per heavy atom. The zero-order chi connectivity index (χ0) is 13.9. The first-order chi connectivity index (χ1) is 8.96. The molecule has 0 fully saturated rings. The van der Waals surface area contributed by atoms with Gasteiger partial charge in [0.2, 0.25) is 0 Å². The van der Waals surface area contributed by atoms with E-state index in [9.17, 15) is 18.3 Å². The molecule has 0 aromatic heterocycles. The van der Waals surface area contributed by atoms with Gasteiger partial charge in [-0.05, 0) is 49.1 Å². The van der Waals surface area contributed by atoms with Crippen LogP contribution in [0.1, 0.15) is 49.1 Å². The minimum Gasteiger partial charge on any atom is -0.393 e. The molecule has 2 atom stereocenters. The fourth-order valence-corrected chi connectivity index (χ4v) is 2.88. The van der Waals surface area contributed by atoms with Crippen molar-refractivity contribution in [3.05, 3.63) is 35.4 Å². The number of hydrogen-bond acceptors (Lipinski definition) is 1. The number of hydrogen-bond donors (Lipinski definition) is 1. The number of alkyl halides is 3. The van der Waals surface area contributed by atoms with Crippen LogP contribution in [-0.2, 0) is 6.42 Å². The van der Waals surface area contributed by atoms with Crippen molar-refractivity contribution < 1.29 is 18.3 Å². The number of benzene rings is 1. The van der Waals surface area contributed by atoms with Crippen LogP contribution < -0.4 is 0 Å². The summed E-state index contributed by atoms with van der Waals surface area (Å²) in [4.78, 5) is 0. The smallest absolute Gasteiger partial charge is 0.389 e. The van der Waals surface area contributed by atoms with Gasteiger partial charge in [-0.1, -0.05) is 24.3 Å². The summed E-state index contributed by atoms with van der Waals surface area (Å²) in [5, 5.41) is 9.79.